The standard InChI is InChI=1S/C19H30N2O3/c1-19(2,14-20-8-10-23-11-9-20)15-21-12-16(13-21)24-18-7-5-4-6-17(18)22-3/h4-7,16H,8-15H2,1-3H3. The van der Waals surface area contributed by atoms with Crippen LogP contribution in [0.3, 0.4) is 0 Å². The van der Waals surface area contributed by atoms with Crippen molar-refractivity contribution in [3.05, 3.63) is 24.3 Å². The molecule has 0 spiro atoms. The van der Waals surface area contributed by atoms with Gasteiger partial charge in [-0.3, -0.25) is 9.80 Å². The Bertz CT molecular complexity index is 523. The Morgan fingerprint density at radius 3 is 2.33 bits per heavy atom. The average Bonchev–Trinajstić information content (AvgIpc) is 2.53. The Balaban J connectivity index is 1.42. The first kappa shape index (κ1) is 17.5. The third-order valence-corrected chi connectivity index (χ3v) is 4.69. The predicted molar refractivity (Wildman–Crippen MR) is 94.9 cm³/mol. The number of nitrogens with zero attached hydrogens (tertiary/aromatic N) is 2. The molecule has 0 amide bonds. The molecule has 0 atom stereocenters. The molecule has 0 unspecified atom stereocenters. The van der Waals surface area contributed by atoms with E-state index in [9.17, 15) is 0 Å². The third-order valence-electron chi connectivity index (χ3n) is 4.69. The Morgan fingerprint density at radius 1 is 1.04 bits per heavy atom. The van der Waals surface area contributed by atoms with Crippen molar-refractivity contribution >= 4 is 0 Å². The molecule has 0 N–H and O–H groups in total. The molecule has 0 saturated carbocycles. The van der Waals surface area contributed by atoms with Crippen molar-refractivity contribution in [2.45, 2.75) is 20.0 Å². The van der Waals surface area contributed by atoms with Gasteiger partial charge < -0.3 is 14.2 Å². The molecule has 134 valence electrons. The molecule has 2 aliphatic rings. The maximum absolute atomic E-state index is 6.07. The lowest BCUT2D eigenvalue weighted by Gasteiger charge is -2.44. The molecule has 5 nitrogen and oxygen atoms in total. The topological polar surface area (TPSA) is 34.2 Å². The van der Waals surface area contributed by atoms with Crippen molar-refractivity contribution in [3.8, 4) is 11.5 Å². The summed E-state index contributed by atoms with van der Waals surface area (Å²) in [5, 5.41) is 0. The van der Waals surface area contributed by atoms with E-state index in [-0.39, 0.29) is 11.5 Å². The molecular weight excluding hydrogens is 304 g/mol. The Labute approximate surface area is 145 Å². The molecule has 5 heteroatoms. The van der Waals surface area contributed by atoms with Gasteiger partial charge in [0.1, 0.15) is 6.10 Å². The summed E-state index contributed by atoms with van der Waals surface area (Å²) in [6, 6.07) is 7.87. The van der Waals surface area contributed by atoms with E-state index in [0.717, 1.165) is 64.0 Å². The number of para-hydroxylation sites is 2. The number of hydrogen-bond donors (Lipinski definition) is 0. The van der Waals surface area contributed by atoms with Gasteiger partial charge in [-0.2, -0.15) is 0 Å². The van der Waals surface area contributed by atoms with Gasteiger partial charge in [-0.25, -0.2) is 0 Å². The van der Waals surface area contributed by atoms with E-state index in [0.29, 0.717) is 0 Å². The molecule has 0 aliphatic carbocycles. The molecule has 1 aromatic carbocycles. The highest BCUT2D eigenvalue weighted by atomic mass is 16.5. The van der Waals surface area contributed by atoms with E-state index < -0.39 is 0 Å². The second-order valence-corrected chi connectivity index (χ2v) is 7.64. The SMILES string of the molecule is COc1ccccc1OC1CN(CC(C)(C)CN2CCOCC2)C1. The fraction of sp³-hybridized carbons (Fsp3) is 0.684. The molecule has 1 aromatic rings. The summed E-state index contributed by atoms with van der Waals surface area (Å²) >= 11 is 0. The minimum atomic E-state index is 0.264. The third kappa shape index (κ3) is 4.62. The lowest BCUT2D eigenvalue weighted by atomic mass is 9.90. The van der Waals surface area contributed by atoms with Crippen LogP contribution in [0.15, 0.2) is 24.3 Å². The number of hydrogen-bond acceptors (Lipinski definition) is 5. The number of morpholine rings is 1. The van der Waals surface area contributed by atoms with E-state index >= 15 is 0 Å². The van der Waals surface area contributed by atoms with Crippen LogP contribution in [0.25, 0.3) is 0 Å². The van der Waals surface area contributed by atoms with E-state index in [1.807, 2.05) is 24.3 Å². The van der Waals surface area contributed by atoms with E-state index in [2.05, 4.69) is 23.6 Å². The highest BCUT2D eigenvalue weighted by Crippen LogP contribution is 2.30. The van der Waals surface area contributed by atoms with E-state index in [1.165, 1.54) is 0 Å². The smallest absolute Gasteiger partial charge is 0.161 e. The summed E-state index contributed by atoms with van der Waals surface area (Å²) in [7, 11) is 1.68. The van der Waals surface area contributed by atoms with Crippen LogP contribution in [0.5, 0.6) is 11.5 Å². The molecule has 0 bridgehead atoms. The van der Waals surface area contributed by atoms with Gasteiger partial charge in [0, 0.05) is 39.3 Å². The van der Waals surface area contributed by atoms with Crippen molar-refractivity contribution in [1.82, 2.24) is 9.80 Å². The van der Waals surface area contributed by atoms with Crippen LogP contribution in [-0.2, 0) is 4.74 Å². The first-order valence-electron chi connectivity index (χ1n) is 8.88. The summed E-state index contributed by atoms with van der Waals surface area (Å²) in [6.07, 6.45) is 0.264. The normalized spacial score (nSPS) is 20.6. The van der Waals surface area contributed by atoms with Crippen LogP contribution in [-0.4, -0.2) is 75.5 Å². The van der Waals surface area contributed by atoms with Crippen molar-refractivity contribution in [2.75, 3.05) is 59.6 Å². The predicted octanol–water partition coefficient (Wildman–Crippen LogP) is 2.12. The molecule has 2 fully saturated rings. The zero-order valence-corrected chi connectivity index (χ0v) is 15.2. The molecule has 3 rings (SSSR count). The second kappa shape index (κ2) is 7.72. The largest absolute Gasteiger partial charge is 0.493 e. The zero-order chi connectivity index (χ0) is 17.0. The first-order valence-corrected chi connectivity index (χ1v) is 8.88. The van der Waals surface area contributed by atoms with Crippen molar-refractivity contribution in [1.29, 1.82) is 0 Å². The molecule has 0 aromatic heterocycles. The van der Waals surface area contributed by atoms with Crippen molar-refractivity contribution in [3.63, 3.8) is 0 Å². The summed E-state index contributed by atoms with van der Waals surface area (Å²) in [5.41, 5.74) is 0.284. The Kier molecular flexibility index (Phi) is 5.64. The van der Waals surface area contributed by atoms with Gasteiger partial charge in [0.25, 0.3) is 0 Å². The summed E-state index contributed by atoms with van der Waals surface area (Å²) in [6.45, 7) is 12.8. The summed E-state index contributed by atoms with van der Waals surface area (Å²) in [5.74, 6) is 1.65. The number of likely N-dealkylation sites (tertiary alicyclic amines) is 1. The van der Waals surface area contributed by atoms with Crippen LogP contribution in [0.4, 0.5) is 0 Å². The van der Waals surface area contributed by atoms with Crippen LogP contribution in [0.1, 0.15) is 13.8 Å². The quantitative estimate of drug-likeness (QED) is 0.763. The fourth-order valence-corrected chi connectivity index (χ4v) is 3.64. The van der Waals surface area contributed by atoms with Gasteiger partial charge in [-0.15, -0.1) is 0 Å². The lowest BCUT2D eigenvalue weighted by molar-refractivity contribution is -0.0212. The molecule has 2 heterocycles. The summed E-state index contributed by atoms with van der Waals surface area (Å²) in [4.78, 5) is 5.01. The van der Waals surface area contributed by atoms with Gasteiger partial charge in [0.05, 0.1) is 20.3 Å². The lowest BCUT2D eigenvalue weighted by Crippen LogP contribution is -2.57. The van der Waals surface area contributed by atoms with Gasteiger partial charge in [-0.05, 0) is 17.5 Å². The molecular formula is C19H30N2O3. The number of benzene rings is 1. The number of methoxy groups -OCH3 is 1. The molecule has 2 saturated heterocycles. The van der Waals surface area contributed by atoms with E-state index in [1.54, 1.807) is 7.11 Å². The first-order chi connectivity index (χ1) is 11.6. The Morgan fingerprint density at radius 2 is 1.67 bits per heavy atom. The highest BCUT2D eigenvalue weighted by Gasteiger charge is 2.34. The molecule has 2 aliphatic heterocycles. The maximum Gasteiger partial charge on any atom is 0.161 e. The van der Waals surface area contributed by atoms with Crippen molar-refractivity contribution < 1.29 is 14.2 Å². The van der Waals surface area contributed by atoms with Gasteiger partial charge in [0.2, 0.25) is 0 Å². The zero-order valence-electron chi connectivity index (χ0n) is 15.2. The van der Waals surface area contributed by atoms with Crippen LogP contribution in [0.2, 0.25) is 0 Å². The molecule has 0 radical (unpaired) electrons. The van der Waals surface area contributed by atoms with Gasteiger partial charge in [0.15, 0.2) is 11.5 Å². The van der Waals surface area contributed by atoms with E-state index in [4.69, 9.17) is 14.2 Å². The van der Waals surface area contributed by atoms with Crippen molar-refractivity contribution in [2.24, 2.45) is 5.41 Å². The van der Waals surface area contributed by atoms with Crippen LogP contribution >= 0.6 is 0 Å². The van der Waals surface area contributed by atoms with Crippen LogP contribution in [0, 0.1) is 5.41 Å². The summed E-state index contributed by atoms with van der Waals surface area (Å²) < 4.78 is 16.9. The second-order valence-electron chi connectivity index (χ2n) is 7.64. The Hall–Kier alpha value is -1.30. The fourth-order valence-electron chi connectivity index (χ4n) is 3.64. The van der Waals surface area contributed by atoms with Gasteiger partial charge in [-0.1, -0.05) is 26.0 Å². The number of rotatable bonds is 7. The monoisotopic (exact) mass is 334 g/mol. The van der Waals surface area contributed by atoms with Crippen LogP contribution < -0.4 is 9.47 Å². The highest BCUT2D eigenvalue weighted by molar-refractivity contribution is 5.39. The maximum atomic E-state index is 6.07. The number of ether oxygens (including phenoxy) is 3. The minimum Gasteiger partial charge on any atom is -0.493 e. The van der Waals surface area contributed by atoms with Gasteiger partial charge >= 0.3 is 0 Å². The minimum absolute atomic E-state index is 0.264. The molecule has 24 heavy (non-hydrogen) atoms. The average molecular weight is 334 g/mol.